The van der Waals surface area contributed by atoms with Gasteiger partial charge in [-0.3, -0.25) is 0 Å². The van der Waals surface area contributed by atoms with E-state index in [0.29, 0.717) is 6.04 Å². The van der Waals surface area contributed by atoms with Crippen LogP contribution in [0.1, 0.15) is 30.1 Å². The quantitative estimate of drug-likeness (QED) is 0.644. The number of hydrogen-bond acceptors (Lipinski definition) is 2. The molecule has 2 N–H and O–H groups in total. The Morgan fingerprint density at radius 1 is 1.22 bits per heavy atom. The highest BCUT2D eigenvalue weighted by Crippen LogP contribution is 2.37. The van der Waals surface area contributed by atoms with E-state index in [1.807, 2.05) is 18.2 Å². The van der Waals surface area contributed by atoms with Crippen molar-refractivity contribution in [1.82, 2.24) is 4.98 Å². The predicted molar refractivity (Wildman–Crippen MR) is 98.3 cm³/mol. The Balaban J connectivity index is 1.71. The number of fused-ring (bicyclic) bond motifs is 3. The lowest BCUT2D eigenvalue weighted by Gasteiger charge is -2.25. The highest BCUT2D eigenvalue weighted by atomic mass is 79.9. The van der Waals surface area contributed by atoms with Gasteiger partial charge >= 0.3 is 0 Å². The molecule has 0 spiro atoms. The van der Waals surface area contributed by atoms with Gasteiger partial charge in [-0.1, -0.05) is 22.0 Å². The van der Waals surface area contributed by atoms with Crippen LogP contribution in [0.4, 0.5) is 5.69 Å². The van der Waals surface area contributed by atoms with Crippen LogP contribution in [0.15, 0.2) is 46.9 Å². The topological polar surface area (TPSA) is 37.0 Å². The number of aryl methyl sites for hydroxylation is 1. The predicted octanol–water partition coefficient (Wildman–Crippen LogP) is 5.43. The molecule has 23 heavy (non-hydrogen) atoms. The van der Waals surface area contributed by atoms with E-state index in [0.717, 1.165) is 28.8 Å². The Labute approximate surface area is 144 Å². The highest BCUT2D eigenvalue weighted by molar-refractivity contribution is 9.10. The molecule has 0 saturated heterocycles. The van der Waals surface area contributed by atoms with Crippen molar-refractivity contribution >= 4 is 32.5 Å². The van der Waals surface area contributed by atoms with E-state index in [-0.39, 0.29) is 0 Å². The van der Waals surface area contributed by atoms with Gasteiger partial charge < -0.3 is 15.0 Å². The van der Waals surface area contributed by atoms with E-state index < -0.39 is 0 Å². The highest BCUT2D eigenvalue weighted by Gasteiger charge is 2.24. The molecule has 1 aromatic heterocycles. The summed E-state index contributed by atoms with van der Waals surface area (Å²) < 4.78 is 6.46. The van der Waals surface area contributed by atoms with Crippen LogP contribution in [-0.2, 0) is 6.42 Å². The third kappa shape index (κ3) is 2.72. The van der Waals surface area contributed by atoms with Crippen molar-refractivity contribution in [3.05, 3.63) is 58.2 Å². The molecule has 1 unspecified atom stereocenters. The third-order valence-electron chi connectivity index (χ3n) is 4.58. The number of benzene rings is 2. The summed E-state index contributed by atoms with van der Waals surface area (Å²) in [5.41, 5.74) is 5.10. The Morgan fingerprint density at radius 2 is 2.13 bits per heavy atom. The average molecular weight is 371 g/mol. The lowest BCUT2D eigenvalue weighted by Crippen LogP contribution is -2.17. The first kappa shape index (κ1) is 14.6. The fourth-order valence-electron chi connectivity index (χ4n) is 3.49. The van der Waals surface area contributed by atoms with Crippen molar-refractivity contribution in [3.8, 4) is 5.75 Å². The number of hydrogen-bond donors (Lipinski definition) is 2. The number of nitrogens with one attached hydrogen (secondary N) is 2. The molecule has 1 heterocycles. The number of aromatic amines is 1. The third-order valence-corrected chi connectivity index (χ3v) is 5.07. The Hall–Kier alpha value is -1.94. The zero-order valence-corrected chi connectivity index (χ0v) is 14.6. The summed E-state index contributed by atoms with van der Waals surface area (Å²) in [6.07, 6.45) is 3.48. The van der Waals surface area contributed by atoms with Crippen molar-refractivity contribution in [2.75, 3.05) is 12.4 Å². The van der Waals surface area contributed by atoms with Gasteiger partial charge in [0.2, 0.25) is 0 Å². The van der Waals surface area contributed by atoms with E-state index >= 15 is 0 Å². The van der Waals surface area contributed by atoms with Gasteiger partial charge in [-0.05, 0) is 55.2 Å². The van der Waals surface area contributed by atoms with Crippen molar-refractivity contribution in [2.45, 2.75) is 25.3 Å². The Morgan fingerprint density at radius 3 is 3.00 bits per heavy atom. The summed E-state index contributed by atoms with van der Waals surface area (Å²) in [5, 5.41) is 5.00. The van der Waals surface area contributed by atoms with Gasteiger partial charge in [-0.15, -0.1) is 0 Å². The van der Waals surface area contributed by atoms with Gasteiger partial charge in [0.15, 0.2) is 0 Å². The van der Waals surface area contributed by atoms with Crippen LogP contribution >= 0.6 is 15.9 Å². The first-order chi connectivity index (χ1) is 11.2. The van der Waals surface area contributed by atoms with Gasteiger partial charge in [0, 0.05) is 32.8 Å². The lowest BCUT2D eigenvalue weighted by atomic mass is 9.91. The molecule has 118 valence electrons. The fourth-order valence-corrected chi connectivity index (χ4v) is 3.85. The molecule has 3 aromatic rings. The normalized spacial score (nSPS) is 17.0. The first-order valence-corrected chi connectivity index (χ1v) is 8.74. The molecular weight excluding hydrogens is 352 g/mol. The minimum Gasteiger partial charge on any atom is -0.497 e. The molecule has 4 rings (SSSR count). The number of ether oxygens (including phenoxy) is 1. The second-order valence-corrected chi connectivity index (χ2v) is 6.94. The van der Waals surface area contributed by atoms with E-state index in [1.54, 1.807) is 7.11 Å². The standard InChI is InChI=1S/C19H19BrN2O/c1-23-14-5-2-4-13(11-14)21-18-7-3-6-15-16-10-12(20)8-9-17(16)22-19(15)18/h2,4-5,8-11,18,21-22H,3,6-7H2,1H3. The SMILES string of the molecule is COc1cccc(NC2CCCc3c2[nH]c2ccc(Br)cc32)c1. The van der Waals surface area contributed by atoms with Crippen molar-refractivity contribution < 1.29 is 4.74 Å². The fraction of sp³-hybridized carbons (Fsp3) is 0.263. The van der Waals surface area contributed by atoms with Gasteiger partial charge in [-0.25, -0.2) is 0 Å². The largest absolute Gasteiger partial charge is 0.497 e. The van der Waals surface area contributed by atoms with E-state index in [4.69, 9.17) is 4.74 Å². The van der Waals surface area contributed by atoms with Crippen LogP contribution in [0.5, 0.6) is 5.75 Å². The van der Waals surface area contributed by atoms with Crippen molar-refractivity contribution in [2.24, 2.45) is 0 Å². The van der Waals surface area contributed by atoms with Gasteiger partial charge in [0.25, 0.3) is 0 Å². The number of anilines is 1. The average Bonchev–Trinajstić information content (AvgIpc) is 2.94. The Bertz CT molecular complexity index is 856. The zero-order chi connectivity index (χ0) is 15.8. The molecule has 1 atom stereocenters. The van der Waals surface area contributed by atoms with Crippen LogP contribution in [0.3, 0.4) is 0 Å². The van der Waals surface area contributed by atoms with Gasteiger partial charge in [0.1, 0.15) is 5.75 Å². The number of halogens is 1. The minimum atomic E-state index is 0.317. The zero-order valence-electron chi connectivity index (χ0n) is 13.0. The minimum absolute atomic E-state index is 0.317. The van der Waals surface area contributed by atoms with E-state index in [1.165, 1.54) is 28.6 Å². The molecule has 4 heteroatoms. The number of rotatable bonds is 3. The smallest absolute Gasteiger partial charge is 0.120 e. The van der Waals surface area contributed by atoms with Crippen LogP contribution in [0.25, 0.3) is 10.9 Å². The molecule has 0 bridgehead atoms. The molecule has 1 aliphatic rings. The molecule has 1 aliphatic carbocycles. The summed E-state index contributed by atoms with van der Waals surface area (Å²) >= 11 is 3.59. The molecule has 0 aliphatic heterocycles. The molecular formula is C19H19BrN2O. The van der Waals surface area contributed by atoms with E-state index in [2.05, 4.69) is 50.5 Å². The molecule has 0 saturated carbocycles. The first-order valence-electron chi connectivity index (χ1n) is 7.95. The second-order valence-electron chi connectivity index (χ2n) is 6.03. The van der Waals surface area contributed by atoms with Crippen molar-refractivity contribution in [3.63, 3.8) is 0 Å². The van der Waals surface area contributed by atoms with Gasteiger partial charge in [-0.2, -0.15) is 0 Å². The monoisotopic (exact) mass is 370 g/mol. The maximum Gasteiger partial charge on any atom is 0.120 e. The summed E-state index contributed by atoms with van der Waals surface area (Å²) in [6, 6.07) is 14.9. The number of aromatic nitrogens is 1. The molecule has 2 aromatic carbocycles. The summed E-state index contributed by atoms with van der Waals surface area (Å²) in [4.78, 5) is 3.63. The van der Waals surface area contributed by atoms with Crippen LogP contribution < -0.4 is 10.1 Å². The second kappa shape index (κ2) is 5.93. The molecule has 0 fully saturated rings. The molecule has 0 radical (unpaired) electrons. The molecule has 0 amide bonds. The van der Waals surface area contributed by atoms with Gasteiger partial charge in [0.05, 0.1) is 13.2 Å². The maximum absolute atomic E-state index is 5.32. The summed E-state index contributed by atoms with van der Waals surface area (Å²) in [6.45, 7) is 0. The van der Waals surface area contributed by atoms with Crippen LogP contribution in [-0.4, -0.2) is 12.1 Å². The van der Waals surface area contributed by atoms with Crippen LogP contribution in [0.2, 0.25) is 0 Å². The maximum atomic E-state index is 5.32. The molecule has 3 nitrogen and oxygen atoms in total. The lowest BCUT2D eigenvalue weighted by molar-refractivity contribution is 0.415. The van der Waals surface area contributed by atoms with Crippen LogP contribution in [0, 0.1) is 0 Å². The summed E-state index contributed by atoms with van der Waals surface area (Å²) in [7, 11) is 1.70. The Kier molecular flexibility index (Phi) is 3.77. The van der Waals surface area contributed by atoms with Crippen molar-refractivity contribution in [1.29, 1.82) is 0 Å². The number of methoxy groups -OCH3 is 1. The number of H-pyrrole nitrogens is 1. The van der Waals surface area contributed by atoms with E-state index in [9.17, 15) is 0 Å². The summed E-state index contributed by atoms with van der Waals surface area (Å²) in [5.74, 6) is 0.881.